The summed E-state index contributed by atoms with van der Waals surface area (Å²) in [7, 11) is 0. The Morgan fingerprint density at radius 1 is 0.282 bits per heavy atom. The first-order valence-corrected chi connectivity index (χ1v) is 27.5. The molecule has 1 heterocycles. The van der Waals surface area contributed by atoms with Gasteiger partial charge in [0.05, 0.1) is 16.8 Å². The zero-order valence-corrected chi connectivity index (χ0v) is 45.2. The van der Waals surface area contributed by atoms with E-state index >= 15 is 0 Å². The lowest BCUT2D eigenvalue weighted by Gasteiger charge is -2.46. The molecule has 0 saturated heterocycles. The second kappa shape index (κ2) is 18.0. The summed E-state index contributed by atoms with van der Waals surface area (Å²) in [5.41, 5.74) is 27.2. The van der Waals surface area contributed by atoms with Crippen LogP contribution in [-0.2, 0) is 16.2 Å². The van der Waals surface area contributed by atoms with Crippen molar-refractivity contribution < 1.29 is 0 Å². The minimum absolute atomic E-state index is 0.136. The van der Waals surface area contributed by atoms with E-state index in [2.05, 4.69) is 317 Å². The summed E-state index contributed by atoms with van der Waals surface area (Å²) in [5.74, 6) is 0. The lowest BCUT2D eigenvalue weighted by molar-refractivity contribution is 0.660. The third kappa shape index (κ3) is 7.18. The zero-order valence-electron chi connectivity index (χ0n) is 45.2. The second-order valence-corrected chi connectivity index (χ2v) is 22.7. The molecule has 0 radical (unpaired) electrons. The molecule has 0 spiro atoms. The number of anilines is 9. The first-order valence-electron chi connectivity index (χ1n) is 27.5. The summed E-state index contributed by atoms with van der Waals surface area (Å²) >= 11 is 0. The summed E-state index contributed by atoms with van der Waals surface area (Å²) in [6, 6.07) is 97.7. The van der Waals surface area contributed by atoms with Crippen LogP contribution in [0.2, 0.25) is 0 Å². The number of hydrogen-bond acceptors (Lipinski definition) is 3. The first-order chi connectivity index (χ1) is 38.0. The van der Waals surface area contributed by atoms with E-state index in [1.807, 2.05) is 0 Å². The van der Waals surface area contributed by atoms with E-state index in [1.54, 1.807) is 0 Å². The maximum absolute atomic E-state index is 2.45. The number of aryl methyl sites for hydroxylation is 2. The molecular weight excluding hydrogens is 943 g/mol. The van der Waals surface area contributed by atoms with Crippen molar-refractivity contribution in [2.45, 2.75) is 57.8 Å². The summed E-state index contributed by atoms with van der Waals surface area (Å²) in [6.45, 7) is 13.8. The number of rotatable bonds is 9. The topological polar surface area (TPSA) is 9.72 Å². The molecule has 3 heteroatoms. The van der Waals surface area contributed by atoms with Crippen LogP contribution in [0.3, 0.4) is 0 Å². The van der Waals surface area contributed by atoms with E-state index in [-0.39, 0.29) is 10.8 Å². The molecule has 0 atom stereocenters. The van der Waals surface area contributed by atoms with Gasteiger partial charge in [-0.3, -0.25) is 0 Å². The standard InChI is InChI=1S/C75H61N3/c1-50-20-18-24-57(46-50)76(59-42-44-63-61-26-10-12-28-65(61)73(3,4)69(63)48-59)55-38-34-52(35-39-55)75(67-30-14-16-32-71(67)78(54-22-8-7-9-23-54)72-33-17-15-31-68(72)75)53-36-40-56(41-37-53)77(58-25-19-21-51(2)47-58)60-43-45-64-62-27-11-13-29-66(62)74(5,6)70(64)49-60/h7-49H,1-6H3. The molecule has 376 valence electrons. The van der Waals surface area contributed by atoms with Crippen molar-refractivity contribution in [2.75, 3.05) is 14.7 Å². The van der Waals surface area contributed by atoms with Crippen molar-refractivity contribution in [1.82, 2.24) is 0 Å². The van der Waals surface area contributed by atoms with Gasteiger partial charge in [0.1, 0.15) is 0 Å². The van der Waals surface area contributed by atoms with E-state index < -0.39 is 5.41 Å². The fourth-order valence-electron chi connectivity index (χ4n) is 13.7. The van der Waals surface area contributed by atoms with Crippen LogP contribution in [0.5, 0.6) is 0 Å². The zero-order chi connectivity index (χ0) is 52.9. The summed E-state index contributed by atoms with van der Waals surface area (Å²) in [5, 5.41) is 0. The molecule has 1 aliphatic heterocycles. The molecule has 78 heavy (non-hydrogen) atoms. The Balaban J connectivity index is 0.954. The van der Waals surface area contributed by atoms with Gasteiger partial charge in [0, 0.05) is 50.6 Å². The Bertz CT molecular complexity index is 3880. The molecule has 0 unspecified atom stereocenters. The van der Waals surface area contributed by atoms with E-state index in [1.165, 1.54) is 77.9 Å². The van der Waals surface area contributed by atoms with Gasteiger partial charge in [0.2, 0.25) is 0 Å². The van der Waals surface area contributed by atoms with Crippen molar-refractivity contribution >= 4 is 51.2 Å². The fraction of sp³-hybridized carbons (Fsp3) is 0.120. The Kier molecular flexibility index (Phi) is 10.9. The smallest absolute Gasteiger partial charge is 0.0742 e. The van der Waals surface area contributed by atoms with Crippen LogP contribution in [0, 0.1) is 13.8 Å². The molecule has 0 aromatic heterocycles. The van der Waals surface area contributed by atoms with Crippen molar-refractivity contribution in [2.24, 2.45) is 0 Å². The van der Waals surface area contributed by atoms with Crippen molar-refractivity contribution in [3.63, 3.8) is 0 Å². The molecule has 2 aliphatic carbocycles. The van der Waals surface area contributed by atoms with Gasteiger partial charge in [-0.15, -0.1) is 0 Å². The summed E-state index contributed by atoms with van der Waals surface area (Å²) in [4.78, 5) is 7.33. The highest BCUT2D eigenvalue weighted by atomic mass is 15.2. The Hall–Kier alpha value is -9.18. The maximum Gasteiger partial charge on any atom is 0.0742 e. The third-order valence-electron chi connectivity index (χ3n) is 17.4. The molecule has 0 fully saturated rings. The summed E-state index contributed by atoms with van der Waals surface area (Å²) in [6.07, 6.45) is 0. The average molecular weight is 1000 g/mol. The lowest BCUT2D eigenvalue weighted by Crippen LogP contribution is -2.37. The van der Waals surface area contributed by atoms with Crippen LogP contribution in [0.15, 0.2) is 261 Å². The molecule has 14 rings (SSSR count). The highest BCUT2D eigenvalue weighted by molar-refractivity contribution is 5.92. The van der Waals surface area contributed by atoms with Gasteiger partial charge in [-0.1, -0.05) is 191 Å². The number of fused-ring (bicyclic) bond motifs is 8. The van der Waals surface area contributed by atoms with Crippen LogP contribution >= 0.6 is 0 Å². The number of hydrogen-bond donors (Lipinski definition) is 0. The van der Waals surface area contributed by atoms with Gasteiger partial charge >= 0.3 is 0 Å². The summed E-state index contributed by atoms with van der Waals surface area (Å²) < 4.78 is 0. The molecule has 0 bridgehead atoms. The third-order valence-corrected chi connectivity index (χ3v) is 17.4. The van der Waals surface area contributed by atoms with Crippen LogP contribution in [0.4, 0.5) is 51.2 Å². The molecule has 11 aromatic carbocycles. The lowest BCUT2D eigenvalue weighted by atomic mass is 9.62. The normalized spacial score (nSPS) is 14.6. The molecule has 3 aliphatic rings. The minimum atomic E-state index is -0.718. The Morgan fingerprint density at radius 3 is 1.08 bits per heavy atom. The van der Waals surface area contributed by atoms with Crippen molar-refractivity contribution in [3.8, 4) is 22.3 Å². The Morgan fingerprint density at radius 2 is 0.641 bits per heavy atom. The van der Waals surface area contributed by atoms with Crippen LogP contribution < -0.4 is 14.7 Å². The van der Waals surface area contributed by atoms with Gasteiger partial charge in [0.15, 0.2) is 0 Å². The molecule has 3 nitrogen and oxygen atoms in total. The highest BCUT2D eigenvalue weighted by Crippen LogP contribution is 2.59. The predicted molar refractivity (Wildman–Crippen MR) is 327 cm³/mol. The predicted octanol–water partition coefficient (Wildman–Crippen LogP) is 20.0. The second-order valence-electron chi connectivity index (χ2n) is 22.7. The SMILES string of the molecule is Cc1cccc(N(c2ccc(C3(c4ccc(N(c5cccc(C)c5)c5ccc6c(c5)C(C)(C)c5ccccc5-6)cc4)c4ccccc4N(c4ccccc4)c4ccccc43)cc2)c2ccc3c(c2)C(C)(C)c2ccccc2-3)c1. The van der Waals surface area contributed by atoms with E-state index in [4.69, 9.17) is 0 Å². The number of benzene rings is 11. The molecule has 0 N–H and O–H groups in total. The van der Waals surface area contributed by atoms with Crippen molar-refractivity contribution in [1.29, 1.82) is 0 Å². The van der Waals surface area contributed by atoms with Crippen LogP contribution in [0.25, 0.3) is 22.3 Å². The van der Waals surface area contributed by atoms with Gasteiger partial charge < -0.3 is 14.7 Å². The van der Waals surface area contributed by atoms with Gasteiger partial charge in [-0.05, 0) is 189 Å². The number of nitrogens with zero attached hydrogens (tertiary/aromatic N) is 3. The first kappa shape index (κ1) is 47.3. The fourth-order valence-corrected chi connectivity index (χ4v) is 13.7. The van der Waals surface area contributed by atoms with E-state index in [9.17, 15) is 0 Å². The largest absolute Gasteiger partial charge is 0.310 e. The van der Waals surface area contributed by atoms with Gasteiger partial charge in [0.25, 0.3) is 0 Å². The van der Waals surface area contributed by atoms with Crippen molar-refractivity contribution in [3.05, 3.63) is 316 Å². The Labute approximate surface area is 460 Å². The van der Waals surface area contributed by atoms with Gasteiger partial charge in [-0.2, -0.15) is 0 Å². The average Bonchev–Trinajstić information content (AvgIpc) is 3.69. The number of para-hydroxylation sites is 3. The monoisotopic (exact) mass is 1000 g/mol. The maximum atomic E-state index is 2.45. The van der Waals surface area contributed by atoms with Crippen LogP contribution in [0.1, 0.15) is 83.3 Å². The molecule has 0 saturated carbocycles. The van der Waals surface area contributed by atoms with Crippen LogP contribution in [-0.4, -0.2) is 0 Å². The van der Waals surface area contributed by atoms with E-state index in [0.717, 1.165) is 51.2 Å². The molecule has 0 amide bonds. The minimum Gasteiger partial charge on any atom is -0.310 e. The van der Waals surface area contributed by atoms with E-state index in [0.29, 0.717) is 0 Å². The van der Waals surface area contributed by atoms with Gasteiger partial charge in [-0.25, -0.2) is 0 Å². The quantitative estimate of drug-likeness (QED) is 0.143. The molecular formula is C75H61N3. The molecule has 11 aromatic rings. The highest BCUT2D eigenvalue weighted by Gasteiger charge is 2.47.